The van der Waals surface area contributed by atoms with E-state index in [1.807, 2.05) is 11.6 Å². The van der Waals surface area contributed by atoms with E-state index in [-0.39, 0.29) is 0 Å². The SMILES string of the molecule is CCC(CC)n1nc(C)c(C(C)C)c1Cl. The van der Waals surface area contributed by atoms with Crippen molar-refractivity contribution in [1.82, 2.24) is 9.78 Å². The number of hydrogen-bond donors (Lipinski definition) is 0. The molecule has 1 heterocycles. The van der Waals surface area contributed by atoms with Gasteiger partial charge in [-0.2, -0.15) is 5.10 Å². The number of aromatic nitrogens is 2. The van der Waals surface area contributed by atoms with Gasteiger partial charge >= 0.3 is 0 Å². The van der Waals surface area contributed by atoms with Gasteiger partial charge in [0.25, 0.3) is 0 Å². The van der Waals surface area contributed by atoms with Crippen LogP contribution in [-0.4, -0.2) is 9.78 Å². The van der Waals surface area contributed by atoms with E-state index in [0.717, 1.165) is 23.7 Å². The van der Waals surface area contributed by atoms with Crippen molar-refractivity contribution in [3.8, 4) is 0 Å². The predicted octanol–water partition coefficient (Wildman–Crippen LogP) is 4.33. The second kappa shape index (κ2) is 5.02. The maximum atomic E-state index is 6.38. The summed E-state index contributed by atoms with van der Waals surface area (Å²) in [6.45, 7) is 10.7. The van der Waals surface area contributed by atoms with Crippen LogP contribution >= 0.6 is 11.6 Å². The molecule has 15 heavy (non-hydrogen) atoms. The summed E-state index contributed by atoms with van der Waals surface area (Å²) in [5.74, 6) is 0.445. The molecule has 0 aliphatic rings. The lowest BCUT2D eigenvalue weighted by molar-refractivity contribution is 0.427. The smallest absolute Gasteiger partial charge is 0.131 e. The molecule has 0 saturated heterocycles. The Labute approximate surface area is 97.6 Å². The fourth-order valence-corrected chi connectivity index (χ4v) is 2.60. The summed E-state index contributed by atoms with van der Waals surface area (Å²) in [5.41, 5.74) is 2.27. The Morgan fingerprint density at radius 3 is 2.13 bits per heavy atom. The van der Waals surface area contributed by atoms with Gasteiger partial charge in [-0.25, -0.2) is 0 Å². The third kappa shape index (κ3) is 2.36. The maximum Gasteiger partial charge on any atom is 0.131 e. The lowest BCUT2D eigenvalue weighted by Crippen LogP contribution is -2.09. The van der Waals surface area contributed by atoms with E-state index in [2.05, 4.69) is 32.8 Å². The summed E-state index contributed by atoms with van der Waals surface area (Å²) >= 11 is 6.38. The molecule has 0 N–H and O–H groups in total. The highest BCUT2D eigenvalue weighted by atomic mass is 35.5. The van der Waals surface area contributed by atoms with Gasteiger partial charge in [0.1, 0.15) is 5.15 Å². The fourth-order valence-electron chi connectivity index (χ4n) is 2.06. The molecule has 1 aromatic rings. The molecular formula is C12H21ClN2. The number of hydrogen-bond acceptors (Lipinski definition) is 1. The van der Waals surface area contributed by atoms with Gasteiger partial charge in [-0.3, -0.25) is 4.68 Å². The van der Waals surface area contributed by atoms with Crippen LogP contribution in [0.1, 0.15) is 63.8 Å². The first-order valence-electron chi connectivity index (χ1n) is 5.77. The average Bonchev–Trinajstić information content (AvgIpc) is 2.44. The minimum Gasteiger partial charge on any atom is -0.250 e. The van der Waals surface area contributed by atoms with Crippen LogP contribution in [-0.2, 0) is 0 Å². The van der Waals surface area contributed by atoms with Crippen LogP contribution in [0.4, 0.5) is 0 Å². The molecule has 1 rings (SSSR count). The third-order valence-electron chi connectivity index (χ3n) is 2.94. The minimum atomic E-state index is 0.434. The van der Waals surface area contributed by atoms with Crippen molar-refractivity contribution in [2.24, 2.45) is 0 Å². The largest absolute Gasteiger partial charge is 0.250 e. The summed E-state index contributed by atoms with van der Waals surface area (Å²) in [6.07, 6.45) is 2.16. The van der Waals surface area contributed by atoms with E-state index in [9.17, 15) is 0 Å². The first-order valence-corrected chi connectivity index (χ1v) is 6.15. The van der Waals surface area contributed by atoms with E-state index >= 15 is 0 Å². The van der Waals surface area contributed by atoms with E-state index < -0.39 is 0 Å². The fraction of sp³-hybridized carbons (Fsp3) is 0.750. The van der Waals surface area contributed by atoms with Crippen LogP contribution in [0.25, 0.3) is 0 Å². The van der Waals surface area contributed by atoms with Gasteiger partial charge in [0.2, 0.25) is 0 Å². The molecule has 0 radical (unpaired) electrons. The molecule has 0 aliphatic heterocycles. The lowest BCUT2D eigenvalue weighted by atomic mass is 10.1. The highest BCUT2D eigenvalue weighted by molar-refractivity contribution is 6.30. The van der Waals surface area contributed by atoms with Crippen LogP contribution < -0.4 is 0 Å². The van der Waals surface area contributed by atoms with Gasteiger partial charge in [-0.1, -0.05) is 39.3 Å². The van der Waals surface area contributed by atoms with E-state index in [1.54, 1.807) is 0 Å². The van der Waals surface area contributed by atoms with Crippen molar-refractivity contribution < 1.29 is 0 Å². The molecule has 0 saturated carbocycles. The minimum absolute atomic E-state index is 0.434. The van der Waals surface area contributed by atoms with Crippen molar-refractivity contribution in [2.45, 2.75) is 59.4 Å². The first-order chi connectivity index (χ1) is 7.02. The second-order valence-corrected chi connectivity index (χ2v) is 4.72. The molecule has 0 aromatic carbocycles. The van der Waals surface area contributed by atoms with Crippen molar-refractivity contribution >= 4 is 11.6 Å². The van der Waals surface area contributed by atoms with E-state index in [4.69, 9.17) is 11.6 Å². The maximum absolute atomic E-state index is 6.38. The van der Waals surface area contributed by atoms with E-state index in [0.29, 0.717) is 12.0 Å². The Kier molecular flexibility index (Phi) is 4.21. The molecule has 1 aromatic heterocycles. The molecule has 0 fully saturated rings. The highest BCUT2D eigenvalue weighted by Gasteiger charge is 2.19. The third-order valence-corrected chi connectivity index (χ3v) is 3.31. The monoisotopic (exact) mass is 228 g/mol. The Balaban J connectivity index is 3.16. The number of nitrogens with zero attached hydrogens (tertiary/aromatic N) is 2. The van der Waals surface area contributed by atoms with Gasteiger partial charge < -0.3 is 0 Å². The average molecular weight is 229 g/mol. The van der Waals surface area contributed by atoms with Crippen LogP contribution in [0, 0.1) is 6.92 Å². The second-order valence-electron chi connectivity index (χ2n) is 4.36. The summed E-state index contributed by atoms with van der Waals surface area (Å²) in [4.78, 5) is 0. The predicted molar refractivity (Wildman–Crippen MR) is 65.7 cm³/mol. The molecule has 0 atom stereocenters. The Morgan fingerprint density at radius 2 is 1.80 bits per heavy atom. The topological polar surface area (TPSA) is 17.8 Å². The summed E-state index contributed by atoms with van der Waals surface area (Å²) in [7, 11) is 0. The number of aryl methyl sites for hydroxylation is 1. The molecule has 0 aliphatic carbocycles. The molecule has 0 unspecified atom stereocenters. The molecule has 0 amide bonds. The molecular weight excluding hydrogens is 208 g/mol. The number of halogens is 1. The van der Waals surface area contributed by atoms with Gasteiger partial charge in [-0.15, -0.1) is 0 Å². The Morgan fingerprint density at radius 1 is 1.27 bits per heavy atom. The van der Waals surface area contributed by atoms with Crippen LogP contribution in [0.3, 0.4) is 0 Å². The van der Waals surface area contributed by atoms with Gasteiger partial charge in [-0.05, 0) is 25.7 Å². The van der Waals surface area contributed by atoms with Gasteiger partial charge in [0, 0.05) is 5.56 Å². The molecule has 86 valence electrons. The Hall–Kier alpha value is -0.500. The molecule has 3 heteroatoms. The highest BCUT2D eigenvalue weighted by Crippen LogP contribution is 2.31. The van der Waals surface area contributed by atoms with Crippen molar-refractivity contribution in [2.75, 3.05) is 0 Å². The van der Waals surface area contributed by atoms with Crippen molar-refractivity contribution in [3.05, 3.63) is 16.4 Å². The molecule has 0 spiro atoms. The zero-order chi connectivity index (χ0) is 11.6. The summed E-state index contributed by atoms with van der Waals surface area (Å²) < 4.78 is 1.99. The Bertz CT molecular complexity index is 325. The number of rotatable bonds is 4. The zero-order valence-electron chi connectivity index (χ0n) is 10.3. The van der Waals surface area contributed by atoms with Crippen molar-refractivity contribution in [3.63, 3.8) is 0 Å². The standard InChI is InChI=1S/C12H21ClN2/c1-6-10(7-2)15-12(13)11(8(3)4)9(5)14-15/h8,10H,6-7H2,1-5H3. The van der Waals surface area contributed by atoms with Crippen LogP contribution in [0.15, 0.2) is 0 Å². The van der Waals surface area contributed by atoms with Gasteiger partial charge in [0.15, 0.2) is 0 Å². The molecule has 0 bridgehead atoms. The first kappa shape index (κ1) is 12.6. The lowest BCUT2D eigenvalue weighted by Gasteiger charge is -2.14. The quantitative estimate of drug-likeness (QED) is 0.750. The zero-order valence-corrected chi connectivity index (χ0v) is 11.1. The normalized spacial score (nSPS) is 11.7. The summed E-state index contributed by atoms with van der Waals surface area (Å²) in [6, 6.07) is 0.434. The van der Waals surface area contributed by atoms with Crippen molar-refractivity contribution in [1.29, 1.82) is 0 Å². The van der Waals surface area contributed by atoms with E-state index in [1.165, 1.54) is 5.56 Å². The van der Waals surface area contributed by atoms with Crippen LogP contribution in [0.2, 0.25) is 5.15 Å². The molecule has 2 nitrogen and oxygen atoms in total. The van der Waals surface area contributed by atoms with Crippen LogP contribution in [0.5, 0.6) is 0 Å². The summed E-state index contributed by atoms with van der Waals surface area (Å²) in [5, 5.41) is 5.39. The van der Waals surface area contributed by atoms with Gasteiger partial charge in [0.05, 0.1) is 11.7 Å².